The number of benzene rings is 2. The van der Waals surface area contributed by atoms with E-state index in [-0.39, 0.29) is 22.4 Å². The van der Waals surface area contributed by atoms with Crippen molar-refractivity contribution in [3.8, 4) is 11.5 Å². The van der Waals surface area contributed by atoms with Crippen molar-refractivity contribution in [2.75, 3.05) is 26.6 Å². The van der Waals surface area contributed by atoms with E-state index in [1.807, 2.05) is 0 Å². The van der Waals surface area contributed by atoms with Gasteiger partial charge in [0.2, 0.25) is 0 Å². The minimum Gasteiger partial charge on any atom is -0.497 e. The Labute approximate surface area is 172 Å². The van der Waals surface area contributed by atoms with Crippen LogP contribution in [0.15, 0.2) is 42.5 Å². The van der Waals surface area contributed by atoms with Crippen LogP contribution in [0.2, 0.25) is 0 Å². The Kier molecular flexibility index (Phi) is 6.19. The molecule has 9 nitrogen and oxygen atoms in total. The molecule has 10 heteroatoms. The van der Waals surface area contributed by atoms with Crippen LogP contribution in [0.1, 0.15) is 20.8 Å². The van der Waals surface area contributed by atoms with Gasteiger partial charge in [-0.1, -0.05) is 0 Å². The lowest BCUT2D eigenvalue weighted by atomic mass is 9.79. The molecule has 1 heterocycles. The number of pyridine rings is 1. The fourth-order valence-electron chi connectivity index (χ4n) is 2.89. The highest BCUT2D eigenvalue weighted by Crippen LogP contribution is 2.28. The van der Waals surface area contributed by atoms with Crippen LogP contribution in [0.25, 0.3) is 10.9 Å². The fourth-order valence-corrected chi connectivity index (χ4v) is 2.89. The molecular formula is C20H19BN2O7. The quantitative estimate of drug-likeness (QED) is 0.405. The van der Waals surface area contributed by atoms with Gasteiger partial charge in [0.05, 0.1) is 32.4 Å². The number of carbonyl (C=O) groups excluding carboxylic acids is 2. The van der Waals surface area contributed by atoms with Crippen molar-refractivity contribution < 1.29 is 33.8 Å². The molecule has 0 radical (unpaired) electrons. The van der Waals surface area contributed by atoms with Crippen molar-refractivity contribution >= 4 is 41.0 Å². The van der Waals surface area contributed by atoms with Gasteiger partial charge in [0.25, 0.3) is 5.91 Å². The van der Waals surface area contributed by atoms with Gasteiger partial charge in [-0.05, 0) is 35.8 Å². The van der Waals surface area contributed by atoms with Gasteiger partial charge in [-0.2, -0.15) is 0 Å². The third kappa shape index (κ3) is 4.34. The van der Waals surface area contributed by atoms with Crippen LogP contribution in [-0.2, 0) is 4.74 Å². The lowest BCUT2D eigenvalue weighted by Crippen LogP contribution is -2.31. The normalized spacial score (nSPS) is 10.4. The molecule has 1 amide bonds. The van der Waals surface area contributed by atoms with Gasteiger partial charge < -0.3 is 29.6 Å². The second-order valence-electron chi connectivity index (χ2n) is 6.26. The number of anilines is 1. The van der Waals surface area contributed by atoms with E-state index in [0.717, 1.165) is 0 Å². The highest BCUT2D eigenvalue weighted by Gasteiger charge is 2.19. The molecule has 0 unspecified atom stereocenters. The molecule has 30 heavy (non-hydrogen) atoms. The predicted octanol–water partition coefficient (Wildman–Crippen LogP) is 0.971. The maximum Gasteiger partial charge on any atom is 0.488 e. The van der Waals surface area contributed by atoms with Gasteiger partial charge >= 0.3 is 13.1 Å². The number of nitrogens with one attached hydrogen (secondary N) is 1. The maximum atomic E-state index is 12.8. The number of rotatable bonds is 6. The molecule has 1 aromatic heterocycles. The van der Waals surface area contributed by atoms with E-state index < -0.39 is 19.0 Å². The molecule has 0 aliphatic heterocycles. The maximum absolute atomic E-state index is 12.8. The van der Waals surface area contributed by atoms with Crippen LogP contribution in [0.5, 0.6) is 11.5 Å². The molecule has 0 saturated heterocycles. The molecule has 0 atom stereocenters. The van der Waals surface area contributed by atoms with Crippen LogP contribution in [0.3, 0.4) is 0 Å². The Morgan fingerprint density at radius 1 is 1.00 bits per heavy atom. The van der Waals surface area contributed by atoms with Crippen molar-refractivity contribution in [3.05, 3.63) is 53.7 Å². The summed E-state index contributed by atoms with van der Waals surface area (Å²) in [4.78, 5) is 29.0. The topological polar surface area (TPSA) is 127 Å². The largest absolute Gasteiger partial charge is 0.497 e. The second kappa shape index (κ2) is 8.81. The number of esters is 1. The minimum absolute atomic E-state index is 0.0157. The monoisotopic (exact) mass is 410 g/mol. The Bertz CT molecular complexity index is 1120. The number of carbonyl (C=O) groups is 2. The SMILES string of the molecule is COC(=O)c1cc(NC(=O)c2cc(OC)c3ccc(OC)cc3n2)cc(B(O)O)c1. The van der Waals surface area contributed by atoms with Crippen molar-refractivity contribution in [1.29, 1.82) is 0 Å². The first-order chi connectivity index (χ1) is 14.4. The average Bonchev–Trinajstić information content (AvgIpc) is 2.76. The van der Waals surface area contributed by atoms with Crippen LogP contribution < -0.4 is 20.3 Å². The second-order valence-corrected chi connectivity index (χ2v) is 6.26. The Hall–Kier alpha value is -3.63. The van der Waals surface area contributed by atoms with Crippen LogP contribution >= 0.6 is 0 Å². The molecule has 0 saturated carbocycles. The van der Waals surface area contributed by atoms with Crippen LogP contribution in [-0.4, -0.2) is 55.4 Å². The number of fused-ring (bicyclic) bond motifs is 1. The van der Waals surface area contributed by atoms with E-state index in [9.17, 15) is 19.6 Å². The Balaban J connectivity index is 2.00. The Morgan fingerprint density at radius 2 is 1.77 bits per heavy atom. The van der Waals surface area contributed by atoms with Crippen molar-refractivity contribution in [1.82, 2.24) is 4.98 Å². The summed E-state index contributed by atoms with van der Waals surface area (Å²) in [7, 11) is 2.37. The van der Waals surface area contributed by atoms with Crippen molar-refractivity contribution in [3.63, 3.8) is 0 Å². The van der Waals surface area contributed by atoms with Gasteiger partial charge in [0.15, 0.2) is 0 Å². The van der Waals surface area contributed by atoms with E-state index in [4.69, 9.17) is 9.47 Å². The number of methoxy groups -OCH3 is 3. The summed E-state index contributed by atoms with van der Waals surface area (Å²) in [5.41, 5.74) is 0.780. The van der Waals surface area contributed by atoms with E-state index in [2.05, 4.69) is 15.0 Å². The highest BCUT2D eigenvalue weighted by molar-refractivity contribution is 6.58. The summed E-state index contributed by atoms with van der Waals surface area (Å²) in [6.07, 6.45) is 0. The van der Waals surface area contributed by atoms with Gasteiger partial charge in [-0.3, -0.25) is 4.79 Å². The Morgan fingerprint density at radius 3 is 2.40 bits per heavy atom. The van der Waals surface area contributed by atoms with Gasteiger partial charge in [-0.25, -0.2) is 9.78 Å². The van der Waals surface area contributed by atoms with Crippen LogP contribution in [0, 0.1) is 0 Å². The predicted molar refractivity (Wildman–Crippen MR) is 110 cm³/mol. The first-order valence-corrected chi connectivity index (χ1v) is 8.80. The average molecular weight is 410 g/mol. The molecule has 154 valence electrons. The standard InChI is InChI=1S/C20H19BN2O7/c1-28-14-4-5-15-16(9-14)23-17(10-18(15)29-2)19(24)22-13-7-11(20(25)30-3)6-12(8-13)21(26)27/h4-10,26-27H,1-3H3,(H,22,24). The number of hydrogen-bond donors (Lipinski definition) is 3. The first kappa shape index (κ1) is 21.1. The van der Waals surface area contributed by atoms with E-state index >= 15 is 0 Å². The molecule has 3 rings (SSSR count). The summed E-state index contributed by atoms with van der Waals surface area (Å²) in [5, 5.41) is 22.2. The molecule has 0 spiro atoms. The molecule has 3 N–H and O–H groups in total. The zero-order valence-corrected chi connectivity index (χ0v) is 16.5. The summed E-state index contributed by atoms with van der Waals surface area (Å²) < 4.78 is 15.2. The highest BCUT2D eigenvalue weighted by atomic mass is 16.5. The number of aromatic nitrogens is 1. The summed E-state index contributed by atoms with van der Waals surface area (Å²) in [6.45, 7) is 0. The van der Waals surface area contributed by atoms with E-state index in [1.165, 1.54) is 45.6 Å². The van der Waals surface area contributed by atoms with Gasteiger partial charge in [-0.15, -0.1) is 0 Å². The van der Waals surface area contributed by atoms with E-state index in [0.29, 0.717) is 22.4 Å². The third-order valence-corrected chi connectivity index (χ3v) is 4.36. The molecule has 0 bridgehead atoms. The molecule has 2 aromatic carbocycles. The zero-order valence-electron chi connectivity index (χ0n) is 16.5. The van der Waals surface area contributed by atoms with Crippen molar-refractivity contribution in [2.45, 2.75) is 0 Å². The summed E-state index contributed by atoms with van der Waals surface area (Å²) >= 11 is 0. The smallest absolute Gasteiger partial charge is 0.488 e. The lowest BCUT2D eigenvalue weighted by molar-refractivity contribution is 0.0600. The summed E-state index contributed by atoms with van der Waals surface area (Å²) in [5.74, 6) is -0.256. The lowest BCUT2D eigenvalue weighted by Gasteiger charge is -2.12. The summed E-state index contributed by atoms with van der Waals surface area (Å²) in [6, 6.07) is 10.6. The number of ether oxygens (including phenoxy) is 3. The molecular weight excluding hydrogens is 391 g/mol. The third-order valence-electron chi connectivity index (χ3n) is 4.36. The molecule has 0 fully saturated rings. The molecule has 3 aromatic rings. The van der Waals surface area contributed by atoms with E-state index in [1.54, 1.807) is 18.2 Å². The molecule has 0 aliphatic rings. The minimum atomic E-state index is -1.84. The molecule has 0 aliphatic carbocycles. The fraction of sp³-hybridized carbons (Fsp3) is 0.150. The van der Waals surface area contributed by atoms with Crippen molar-refractivity contribution in [2.24, 2.45) is 0 Å². The number of hydrogen-bond acceptors (Lipinski definition) is 8. The van der Waals surface area contributed by atoms with Gasteiger partial charge in [0, 0.05) is 23.2 Å². The van der Waals surface area contributed by atoms with Gasteiger partial charge in [0.1, 0.15) is 17.2 Å². The number of nitrogens with zero attached hydrogens (tertiary/aromatic N) is 1. The van der Waals surface area contributed by atoms with Crippen LogP contribution in [0.4, 0.5) is 5.69 Å². The number of amides is 1. The first-order valence-electron chi connectivity index (χ1n) is 8.80. The zero-order chi connectivity index (χ0) is 21.8.